The van der Waals surface area contributed by atoms with Crippen LogP contribution in [0, 0.1) is 12.7 Å². The first-order valence-corrected chi connectivity index (χ1v) is 9.38. The Bertz CT molecular complexity index is 823. The first-order valence-electron chi connectivity index (χ1n) is 9.38. The van der Waals surface area contributed by atoms with E-state index in [4.69, 9.17) is 4.42 Å². The van der Waals surface area contributed by atoms with Crippen LogP contribution in [0.1, 0.15) is 35.8 Å². The Balaban J connectivity index is 1.53. The minimum Gasteiger partial charge on any atom is -0.447 e. The molecule has 28 heavy (non-hydrogen) atoms. The molecule has 2 aromatic rings. The number of piperazine rings is 1. The molecule has 0 saturated carbocycles. The van der Waals surface area contributed by atoms with Crippen LogP contribution in [0.3, 0.4) is 0 Å². The lowest BCUT2D eigenvalue weighted by molar-refractivity contribution is 0.0156. The number of aliphatic hydroxyl groups is 1. The average molecular weight is 390 g/mol. The van der Waals surface area contributed by atoms with Gasteiger partial charge in [-0.1, -0.05) is 6.07 Å². The fourth-order valence-corrected chi connectivity index (χ4v) is 3.25. The number of hydrogen-bond donors (Lipinski definition) is 2. The monoisotopic (exact) mass is 390 g/mol. The van der Waals surface area contributed by atoms with Crippen molar-refractivity contribution in [2.45, 2.75) is 32.9 Å². The number of halogens is 1. The molecule has 1 aromatic heterocycles. The second-order valence-electron chi connectivity index (χ2n) is 7.93. The van der Waals surface area contributed by atoms with Gasteiger partial charge in [0, 0.05) is 32.7 Å². The Morgan fingerprint density at radius 3 is 2.64 bits per heavy atom. The molecule has 0 unspecified atom stereocenters. The molecule has 1 amide bonds. The minimum atomic E-state index is -0.705. The highest BCUT2D eigenvalue weighted by atomic mass is 19.1. The van der Waals surface area contributed by atoms with E-state index in [9.17, 15) is 14.3 Å². The molecule has 1 aliphatic heterocycles. The summed E-state index contributed by atoms with van der Waals surface area (Å²) in [6.07, 6.45) is 1.29. The van der Waals surface area contributed by atoms with E-state index in [1.54, 1.807) is 26.0 Å². The molecule has 0 atom stereocenters. The van der Waals surface area contributed by atoms with E-state index in [0.717, 1.165) is 31.7 Å². The SMILES string of the molecule is Cc1ccc(F)c(NC(=O)c2coc(CN3CCN(CC(C)(C)O)CC3)n2)c1. The number of benzene rings is 1. The molecule has 152 valence electrons. The van der Waals surface area contributed by atoms with Crippen molar-refractivity contribution in [2.75, 3.05) is 38.0 Å². The summed E-state index contributed by atoms with van der Waals surface area (Å²) in [7, 11) is 0. The predicted molar refractivity (Wildman–Crippen MR) is 104 cm³/mol. The Morgan fingerprint density at radius 2 is 1.96 bits per heavy atom. The predicted octanol–water partition coefficient (Wildman–Crippen LogP) is 2.26. The molecule has 0 radical (unpaired) electrons. The summed E-state index contributed by atoms with van der Waals surface area (Å²) in [5.41, 5.74) is 0.388. The van der Waals surface area contributed by atoms with E-state index < -0.39 is 17.3 Å². The lowest BCUT2D eigenvalue weighted by Crippen LogP contribution is -2.50. The Kier molecular flexibility index (Phi) is 6.12. The van der Waals surface area contributed by atoms with Gasteiger partial charge in [-0.05, 0) is 38.5 Å². The number of aryl methyl sites for hydroxylation is 1. The van der Waals surface area contributed by atoms with Gasteiger partial charge >= 0.3 is 0 Å². The highest BCUT2D eigenvalue weighted by Gasteiger charge is 2.24. The molecular formula is C20H27FN4O3. The van der Waals surface area contributed by atoms with Gasteiger partial charge in [0.1, 0.15) is 12.1 Å². The first-order chi connectivity index (χ1) is 13.2. The van der Waals surface area contributed by atoms with Gasteiger partial charge in [0.05, 0.1) is 17.8 Å². The molecule has 3 rings (SSSR count). The van der Waals surface area contributed by atoms with Crippen LogP contribution in [0.5, 0.6) is 0 Å². The fourth-order valence-electron chi connectivity index (χ4n) is 3.25. The summed E-state index contributed by atoms with van der Waals surface area (Å²) in [6.45, 7) is 9.94. The zero-order chi connectivity index (χ0) is 20.3. The molecule has 0 aliphatic carbocycles. The number of carbonyl (C=O) groups excluding carboxylic acids is 1. The molecule has 1 fully saturated rings. The fraction of sp³-hybridized carbons (Fsp3) is 0.500. The van der Waals surface area contributed by atoms with E-state index in [2.05, 4.69) is 20.1 Å². The van der Waals surface area contributed by atoms with Gasteiger partial charge in [-0.25, -0.2) is 9.37 Å². The van der Waals surface area contributed by atoms with E-state index in [-0.39, 0.29) is 11.4 Å². The van der Waals surface area contributed by atoms with Gasteiger partial charge in [0.15, 0.2) is 5.69 Å². The largest absolute Gasteiger partial charge is 0.447 e. The van der Waals surface area contributed by atoms with Crippen molar-refractivity contribution < 1.29 is 18.7 Å². The summed E-state index contributed by atoms with van der Waals surface area (Å²) in [4.78, 5) is 21.0. The molecule has 1 aromatic carbocycles. The second-order valence-corrected chi connectivity index (χ2v) is 7.93. The van der Waals surface area contributed by atoms with Gasteiger partial charge in [0.2, 0.25) is 5.89 Å². The smallest absolute Gasteiger partial charge is 0.277 e. The summed E-state index contributed by atoms with van der Waals surface area (Å²) >= 11 is 0. The van der Waals surface area contributed by atoms with Gasteiger partial charge in [-0.3, -0.25) is 14.6 Å². The van der Waals surface area contributed by atoms with Crippen molar-refractivity contribution >= 4 is 11.6 Å². The van der Waals surface area contributed by atoms with Crippen molar-refractivity contribution in [1.82, 2.24) is 14.8 Å². The van der Waals surface area contributed by atoms with Gasteiger partial charge in [0.25, 0.3) is 5.91 Å². The maximum atomic E-state index is 13.8. The Labute approximate surface area is 164 Å². The third-order valence-electron chi connectivity index (χ3n) is 4.59. The number of nitrogens with one attached hydrogen (secondary N) is 1. The third-order valence-corrected chi connectivity index (χ3v) is 4.59. The van der Waals surface area contributed by atoms with Crippen molar-refractivity contribution in [1.29, 1.82) is 0 Å². The average Bonchev–Trinajstić information content (AvgIpc) is 3.07. The molecule has 1 aliphatic rings. The Morgan fingerprint density at radius 1 is 1.29 bits per heavy atom. The van der Waals surface area contributed by atoms with E-state index in [1.165, 1.54) is 12.3 Å². The molecule has 8 heteroatoms. The quantitative estimate of drug-likeness (QED) is 0.788. The number of β-amino-alcohol motifs (C(OH)–C–C–N with tert-alkyl or cyclic N) is 1. The summed E-state index contributed by atoms with van der Waals surface area (Å²) in [5, 5.41) is 12.5. The summed E-state index contributed by atoms with van der Waals surface area (Å²) in [5.74, 6) is -0.549. The second kappa shape index (κ2) is 8.38. The number of rotatable bonds is 6. The number of aromatic nitrogens is 1. The molecule has 1 saturated heterocycles. The van der Waals surface area contributed by atoms with E-state index >= 15 is 0 Å². The van der Waals surface area contributed by atoms with Crippen molar-refractivity contribution in [3.63, 3.8) is 0 Å². The van der Waals surface area contributed by atoms with Crippen LogP contribution in [-0.4, -0.2) is 64.1 Å². The molecule has 0 spiro atoms. The topological polar surface area (TPSA) is 81.8 Å². The van der Waals surface area contributed by atoms with Crippen molar-refractivity contribution in [3.8, 4) is 0 Å². The van der Waals surface area contributed by atoms with E-state index in [0.29, 0.717) is 19.0 Å². The molecule has 0 bridgehead atoms. The van der Waals surface area contributed by atoms with Crippen LogP contribution in [0.4, 0.5) is 10.1 Å². The van der Waals surface area contributed by atoms with Crippen molar-refractivity contribution in [2.24, 2.45) is 0 Å². The maximum absolute atomic E-state index is 13.8. The Hall–Kier alpha value is -2.29. The highest BCUT2D eigenvalue weighted by molar-refractivity contribution is 6.02. The highest BCUT2D eigenvalue weighted by Crippen LogP contribution is 2.17. The van der Waals surface area contributed by atoms with Crippen LogP contribution < -0.4 is 5.32 Å². The normalized spacial score (nSPS) is 16.3. The number of oxazole rings is 1. The van der Waals surface area contributed by atoms with Crippen LogP contribution in [0.15, 0.2) is 28.9 Å². The van der Waals surface area contributed by atoms with Gasteiger partial charge < -0.3 is 14.8 Å². The number of anilines is 1. The zero-order valence-corrected chi connectivity index (χ0v) is 16.5. The van der Waals surface area contributed by atoms with Crippen LogP contribution >= 0.6 is 0 Å². The van der Waals surface area contributed by atoms with Crippen LogP contribution in [0.2, 0.25) is 0 Å². The van der Waals surface area contributed by atoms with Crippen molar-refractivity contribution in [3.05, 3.63) is 47.4 Å². The van der Waals surface area contributed by atoms with E-state index in [1.807, 2.05) is 6.92 Å². The number of nitrogens with zero attached hydrogens (tertiary/aromatic N) is 3. The zero-order valence-electron chi connectivity index (χ0n) is 16.5. The minimum absolute atomic E-state index is 0.122. The number of amides is 1. The number of hydrogen-bond acceptors (Lipinski definition) is 6. The molecule has 7 nitrogen and oxygen atoms in total. The van der Waals surface area contributed by atoms with Crippen LogP contribution in [-0.2, 0) is 6.54 Å². The van der Waals surface area contributed by atoms with Gasteiger partial charge in [-0.15, -0.1) is 0 Å². The van der Waals surface area contributed by atoms with Gasteiger partial charge in [-0.2, -0.15) is 0 Å². The molecule has 2 N–H and O–H groups in total. The lowest BCUT2D eigenvalue weighted by Gasteiger charge is -2.36. The summed E-state index contributed by atoms with van der Waals surface area (Å²) in [6, 6.07) is 4.53. The summed E-state index contributed by atoms with van der Waals surface area (Å²) < 4.78 is 19.2. The molecular weight excluding hydrogens is 363 g/mol. The molecule has 2 heterocycles. The number of carbonyl (C=O) groups is 1. The third kappa shape index (κ3) is 5.60. The maximum Gasteiger partial charge on any atom is 0.277 e. The van der Waals surface area contributed by atoms with Crippen LogP contribution in [0.25, 0.3) is 0 Å². The lowest BCUT2D eigenvalue weighted by atomic mass is 10.1. The first kappa shape index (κ1) is 20.4. The standard InChI is InChI=1S/C20H27FN4O3/c1-14-4-5-15(21)16(10-14)23-19(26)17-12-28-18(22-17)11-24-6-8-25(9-7-24)13-20(2,3)27/h4-5,10,12,27H,6-9,11,13H2,1-3H3,(H,23,26).